The van der Waals surface area contributed by atoms with E-state index in [9.17, 15) is 4.79 Å². The van der Waals surface area contributed by atoms with E-state index in [0.717, 1.165) is 16.5 Å². The fraction of sp³-hybridized carbons (Fsp3) is 0.444. The maximum absolute atomic E-state index is 11.1. The smallest absolute Gasteiger partial charge is 0.410 e. The van der Waals surface area contributed by atoms with Crippen LogP contribution in [0.1, 0.15) is 52.8 Å². The maximum atomic E-state index is 11.1. The standard InChI is InChI=1S/C18H24N2O2/c1-17(2,3)13-11-9-7-8-10-12(11)15(20-16(21)22)19-14(13)18(4,5)6/h7-10H,1-6H3,(H,19,20)(H,21,22). The topological polar surface area (TPSA) is 62.2 Å². The quantitative estimate of drug-likeness (QED) is 0.785. The number of amides is 1. The minimum absolute atomic E-state index is 0.0863. The van der Waals surface area contributed by atoms with Gasteiger partial charge in [-0.05, 0) is 16.4 Å². The monoisotopic (exact) mass is 300 g/mol. The minimum atomic E-state index is -1.10. The number of hydrogen-bond acceptors (Lipinski definition) is 2. The summed E-state index contributed by atoms with van der Waals surface area (Å²) in [5.41, 5.74) is 1.84. The highest BCUT2D eigenvalue weighted by Crippen LogP contribution is 2.39. The molecule has 0 unspecified atom stereocenters. The summed E-state index contributed by atoms with van der Waals surface area (Å²) in [7, 11) is 0. The van der Waals surface area contributed by atoms with Crippen LogP contribution < -0.4 is 5.32 Å². The molecule has 0 saturated carbocycles. The first-order chi connectivity index (χ1) is 10.0. The zero-order valence-corrected chi connectivity index (χ0v) is 14.1. The second-order valence-electron chi connectivity index (χ2n) is 7.66. The summed E-state index contributed by atoms with van der Waals surface area (Å²) in [4.78, 5) is 15.8. The predicted molar refractivity (Wildman–Crippen MR) is 90.8 cm³/mol. The Hall–Kier alpha value is -2.10. The summed E-state index contributed by atoms with van der Waals surface area (Å²) < 4.78 is 0. The van der Waals surface area contributed by atoms with Gasteiger partial charge < -0.3 is 5.11 Å². The van der Waals surface area contributed by atoms with Crippen molar-refractivity contribution in [3.63, 3.8) is 0 Å². The Morgan fingerprint density at radius 2 is 1.55 bits per heavy atom. The number of benzene rings is 1. The van der Waals surface area contributed by atoms with Gasteiger partial charge in [0.2, 0.25) is 0 Å². The Kier molecular flexibility index (Phi) is 3.90. The van der Waals surface area contributed by atoms with Crippen molar-refractivity contribution in [2.75, 3.05) is 5.32 Å². The summed E-state index contributed by atoms with van der Waals surface area (Å²) in [6, 6.07) is 7.84. The molecule has 0 radical (unpaired) electrons. The highest BCUT2D eigenvalue weighted by Gasteiger charge is 2.30. The van der Waals surface area contributed by atoms with E-state index in [1.807, 2.05) is 24.3 Å². The van der Waals surface area contributed by atoms with Crippen LogP contribution in [-0.2, 0) is 10.8 Å². The number of pyridine rings is 1. The van der Waals surface area contributed by atoms with Crippen LogP contribution in [0.4, 0.5) is 10.6 Å². The second-order valence-corrected chi connectivity index (χ2v) is 7.66. The molecule has 1 heterocycles. The molecule has 0 aliphatic heterocycles. The van der Waals surface area contributed by atoms with Gasteiger partial charge in [0.05, 0.1) is 5.69 Å². The van der Waals surface area contributed by atoms with Gasteiger partial charge in [-0.1, -0.05) is 65.8 Å². The third kappa shape index (κ3) is 3.06. The summed E-state index contributed by atoms with van der Waals surface area (Å²) in [6.45, 7) is 12.8. The van der Waals surface area contributed by atoms with Crippen LogP contribution in [-0.4, -0.2) is 16.2 Å². The van der Waals surface area contributed by atoms with Gasteiger partial charge in [-0.25, -0.2) is 9.78 Å². The lowest BCUT2D eigenvalue weighted by Crippen LogP contribution is -2.25. The summed E-state index contributed by atoms with van der Waals surface area (Å²) in [5, 5.41) is 13.4. The van der Waals surface area contributed by atoms with Crippen LogP contribution in [0.25, 0.3) is 10.8 Å². The molecule has 2 rings (SSSR count). The zero-order valence-electron chi connectivity index (χ0n) is 14.1. The van der Waals surface area contributed by atoms with E-state index in [4.69, 9.17) is 5.11 Å². The van der Waals surface area contributed by atoms with Gasteiger partial charge in [0.25, 0.3) is 0 Å². The van der Waals surface area contributed by atoms with Crippen LogP contribution in [0, 0.1) is 0 Å². The highest BCUT2D eigenvalue weighted by atomic mass is 16.4. The van der Waals surface area contributed by atoms with Crippen molar-refractivity contribution in [2.24, 2.45) is 0 Å². The number of fused-ring (bicyclic) bond motifs is 1. The van der Waals surface area contributed by atoms with E-state index in [2.05, 4.69) is 51.8 Å². The van der Waals surface area contributed by atoms with Crippen LogP contribution in [0.3, 0.4) is 0 Å². The molecule has 0 fully saturated rings. The first-order valence-electron chi connectivity index (χ1n) is 7.45. The number of nitrogens with one attached hydrogen (secondary N) is 1. The van der Waals surface area contributed by atoms with Gasteiger partial charge in [0.1, 0.15) is 5.82 Å². The third-order valence-corrected chi connectivity index (χ3v) is 3.60. The molecule has 4 heteroatoms. The lowest BCUT2D eigenvalue weighted by Gasteiger charge is -2.31. The molecule has 1 aromatic carbocycles. The normalized spacial score (nSPS) is 12.5. The van der Waals surface area contributed by atoms with Crippen molar-refractivity contribution in [2.45, 2.75) is 52.4 Å². The van der Waals surface area contributed by atoms with Crippen molar-refractivity contribution in [3.8, 4) is 0 Å². The molecule has 0 bridgehead atoms. The molecule has 0 spiro atoms. The molecule has 2 aromatic rings. The number of hydrogen-bond donors (Lipinski definition) is 2. The fourth-order valence-electron chi connectivity index (χ4n) is 2.76. The maximum Gasteiger partial charge on any atom is 0.410 e. The highest BCUT2D eigenvalue weighted by molar-refractivity contribution is 6.00. The van der Waals surface area contributed by atoms with Crippen molar-refractivity contribution in [1.29, 1.82) is 0 Å². The van der Waals surface area contributed by atoms with Gasteiger partial charge in [-0.3, -0.25) is 5.32 Å². The second kappa shape index (κ2) is 5.27. The van der Waals surface area contributed by atoms with E-state index >= 15 is 0 Å². The van der Waals surface area contributed by atoms with Crippen LogP contribution in [0.15, 0.2) is 24.3 Å². The molecule has 0 aliphatic carbocycles. The lowest BCUT2D eigenvalue weighted by atomic mass is 9.76. The number of carbonyl (C=O) groups is 1. The summed E-state index contributed by atoms with van der Waals surface area (Å²) >= 11 is 0. The Morgan fingerprint density at radius 3 is 2.00 bits per heavy atom. The van der Waals surface area contributed by atoms with Gasteiger partial charge in [0, 0.05) is 10.8 Å². The van der Waals surface area contributed by atoms with Crippen molar-refractivity contribution in [3.05, 3.63) is 35.5 Å². The molecule has 1 amide bonds. The molecule has 0 aliphatic rings. The van der Waals surface area contributed by atoms with Gasteiger partial charge in [0.15, 0.2) is 0 Å². The number of aromatic nitrogens is 1. The van der Waals surface area contributed by atoms with Gasteiger partial charge in [-0.2, -0.15) is 0 Å². The van der Waals surface area contributed by atoms with Crippen molar-refractivity contribution < 1.29 is 9.90 Å². The van der Waals surface area contributed by atoms with E-state index < -0.39 is 6.09 Å². The Balaban J connectivity index is 2.94. The minimum Gasteiger partial charge on any atom is -0.465 e. The Labute approximate surface area is 131 Å². The van der Waals surface area contributed by atoms with Crippen LogP contribution >= 0.6 is 0 Å². The van der Waals surface area contributed by atoms with Crippen LogP contribution in [0.2, 0.25) is 0 Å². The van der Waals surface area contributed by atoms with E-state index in [1.165, 1.54) is 5.56 Å². The molecule has 2 N–H and O–H groups in total. The average molecular weight is 300 g/mol. The predicted octanol–water partition coefficient (Wildman–Crippen LogP) is 4.92. The molecule has 0 atom stereocenters. The molecule has 4 nitrogen and oxygen atoms in total. The molecular formula is C18H24N2O2. The number of nitrogens with zero attached hydrogens (tertiary/aromatic N) is 1. The Bertz CT molecular complexity index is 722. The molecule has 118 valence electrons. The average Bonchev–Trinajstić information content (AvgIpc) is 2.35. The lowest BCUT2D eigenvalue weighted by molar-refractivity contribution is 0.209. The fourth-order valence-corrected chi connectivity index (χ4v) is 2.76. The molecule has 0 saturated heterocycles. The van der Waals surface area contributed by atoms with Gasteiger partial charge >= 0.3 is 6.09 Å². The first-order valence-corrected chi connectivity index (χ1v) is 7.45. The summed E-state index contributed by atoms with van der Waals surface area (Å²) in [5.74, 6) is 0.404. The van der Waals surface area contributed by atoms with Crippen LogP contribution in [0.5, 0.6) is 0 Å². The molecule has 1 aromatic heterocycles. The van der Waals surface area contributed by atoms with E-state index in [1.54, 1.807) is 0 Å². The van der Waals surface area contributed by atoms with E-state index in [0.29, 0.717) is 5.82 Å². The number of carboxylic acid groups (broad SMARTS) is 1. The largest absolute Gasteiger partial charge is 0.465 e. The first kappa shape index (κ1) is 16.3. The number of rotatable bonds is 1. The Morgan fingerprint density at radius 1 is 1.00 bits per heavy atom. The molecule has 22 heavy (non-hydrogen) atoms. The van der Waals surface area contributed by atoms with Crippen molar-refractivity contribution >= 4 is 22.7 Å². The van der Waals surface area contributed by atoms with Gasteiger partial charge in [-0.15, -0.1) is 0 Å². The summed E-state index contributed by atoms with van der Waals surface area (Å²) in [6.07, 6.45) is -1.10. The van der Waals surface area contributed by atoms with E-state index in [-0.39, 0.29) is 10.8 Å². The SMILES string of the molecule is CC(C)(C)c1nc(NC(=O)O)c2ccccc2c1C(C)(C)C. The zero-order chi connectivity index (χ0) is 16.7. The third-order valence-electron chi connectivity index (χ3n) is 3.60. The molecular weight excluding hydrogens is 276 g/mol. The number of anilines is 1. The van der Waals surface area contributed by atoms with Crippen molar-refractivity contribution in [1.82, 2.24) is 4.98 Å².